The molecule has 2 aliphatic heterocycles. The molecule has 0 aromatic heterocycles. The number of likely N-dealkylation sites (N-methyl/N-ethyl adjacent to an activating group) is 1. The fraction of sp³-hybridized carbons (Fsp3) is 0.857. The van der Waals surface area contributed by atoms with E-state index in [0.29, 0.717) is 5.92 Å². The van der Waals surface area contributed by atoms with Gasteiger partial charge in [-0.1, -0.05) is 0 Å². The molecule has 2 atom stereocenters. The van der Waals surface area contributed by atoms with Crippen molar-refractivity contribution >= 4 is 5.91 Å². The van der Waals surface area contributed by atoms with Gasteiger partial charge in [0.05, 0.1) is 6.04 Å². The van der Waals surface area contributed by atoms with Crippen LogP contribution < -0.4 is 5.32 Å². The van der Waals surface area contributed by atoms with E-state index < -0.39 is 0 Å². The third-order valence-corrected chi connectivity index (χ3v) is 2.50. The van der Waals surface area contributed by atoms with E-state index >= 15 is 0 Å². The van der Waals surface area contributed by atoms with Gasteiger partial charge < -0.3 is 5.32 Å². The van der Waals surface area contributed by atoms with Gasteiger partial charge >= 0.3 is 0 Å². The molecule has 0 saturated carbocycles. The Balaban J connectivity index is 2.17. The molecule has 0 unspecified atom stereocenters. The molecule has 56 valence electrons. The standard InChI is InChI=1S/C7H12N2O/c1-9-4-5-2-6(9)7(10)8-3-5/h5-6H,2-4H2,1H3,(H,8,10)/t5-,6+/m1/s1. The van der Waals surface area contributed by atoms with Crippen molar-refractivity contribution in [3.8, 4) is 0 Å². The van der Waals surface area contributed by atoms with Crippen molar-refractivity contribution in [3.05, 3.63) is 0 Å². The maximum absolute atomic E-state index is 11.1. The Kier molecular flexibility index (Phi) is 1.20. The maximum atomic E-state index is 11.1. The molecule has 3 heteroatoms. The quantitative estimate of drug-likeness (QED) is 0.489. The number of carbonyl (C=O) groups is 1. The average Bonchev–Trinajstić information content (AvgIpc) is 2.21. The van der Waals surface area contributed by atoms with Crippen LogP contribution in [0.5, 0.6) is 0 Å². The molecule has 2 aliphatic rings. The van der Waals surface area contributed by atoms with Gasteiger partial charge in [-0.05, 0) is 19.4 Å². The van der Waals surface area contributed by atoms with E-state index in [0.717, 1.165) is 19.5 Å². The first-order valence-electron chi connectivity index (χ1n) is 3.75. The normalized spacial score (nSPS) is 39.9. The second-order valence-corrected chi connectivity index (χ2v) is 3.30. The molecule has 2 fully saturated rings. The summed E-state index contributed by atoms with van der Waals surface area (Å²) >= 11 is 0. The van der Waals surface area contributed by atoms with E-state index in [-0.39, 0.29) is 11.9 Å². The van der Waals surface area contributed by atoms with Crippen LogP contribution in [0.1, 0.15) is 6.42 Å². The first-order valence-corrected chi connectivity index (χ1v) is 3.75. The van der Waals surface area contributed by atoms with Crippen molar-refractivity contribution < 1.29 is 4.79 Å². The highest BCUT2D eigenvalue weighted by molar-refractivity contribution is 5.83. The van der Waals surface area contributed by atoms with Gasteiger partial charge in [-0.25, -0.2) is 0 Å². The van der Waals surface area contributed by atoms with Gasteiger partial charge in [0.25, 0.3) is 0 Å². The highest BCUT2D eigenvalue weighted by Crippen LogP contribution is 2.24. The number of hydrogen-bond acceptors (Lipinski definition) is 2. The molecule has 2 saturated heterocycles. The van der Waals surface area contributed by atoms with Crippen molar-refractivity contribution in [1.29, 1.82) is 0 Å². The Labute approximate surface area is 60.4 Å². The molecule has 2 bridgehead atoms. The molecule has 2 rings (SSSR count). The molecule has 10 heavy (non-hydrogen) atoms. The van der Waals surface area contributed by atoms with Crippen LogP contribution in [0.15, 0.2) is 0 Å². The monoisotopic (exact) mass is 140 g/mol. The highest BCUT2D eigenvalue weighted by atomic mass is 16.2. The Hall–Kier alpha value is -0.570. The minimum Gasteiger partial charge on any atom is -0.354 e. The number of nitrogens with zero attached hydrogens (tertiary/aromatic N) is 1. The summed E-state index contributed by atoms with van der Waals surface area (Å²) in [7, 11) is 2.02. The number of hydrogen-bond donors (Lipinski definition) is 1. The smallest absolute Gasteiger partial charge is 0.237 e. The summed E-state index contributed by atoms with van der Waals surface area (Å²) in [5, 5.41) is 2.89. The maximum Gasteiger partial charge on any atom is 0.237 e. The lowest BCUT2D eigenvalue weighted by atomic mass is 10.0. The molecule has 0 spiro atoms. The van der Waals surface area contributed by atoms with Crippen LogP contribution >= 0.6 is 0 Å². The molecular formula is C7H12N2O. The Morgan fingerprint density at radius 3 is 3.20 bits per heavy atom. The van der Waals surface area contributed by atoms with E-state index in [4.69, 9.17) is 0 Å². The second-order valence-electron chi connectivity index (χ2n) is 3.30. The summed E-state index contributed by atoms with van der Waals surface area (Å²) in [5.74, 6) is 0.934. The van der Waals surface area contributed by atoms with Crippen LogP contribution in [0, 0.1) is 5.92 Å². The van der Waals surface area contributed by atoms with E-state index in [9.17, 15) is 4.79 Å². The predicted molar refractivity (Wildman–Crippen MR) is 37.5 cm³/mol. The number of rotatable bonds is 0. The number of carbonyl (C=O) groups excluding carboxylic acids is 1. The van der Waals surface area contributed by atoms with E-state index in [2.05, 4.69) is 10.2 Å². The molecule has 0 aromatic rings. The number of nitrogens with one attached hydrogen (secondary N) is 1. The summed E-state index contributed by atoms with van der Waals surface area (Å²) in [6.45, 7) is 1.98. The lowest BCUT2D eigenvalue weighted by molar-refractivity contribution is -0.125. The molecule has 3 nitrogen and oxygen atoms in total. The van der Waals surface area contributed by atoms with Gasteiger partial charge in [0.1, 0.15) is 0 Å². The first-order chi connectivity index (χ1) is 4.77. The van der Waals surface area contributed by atoms with Crippen molar-refractivity contribution in [3.63, 3.8) is 0 Å². The summed E-state index contributed by atoms with van der Waals surface area (Å²) < 4.78 is 0. The Bertz CT molecular complexity index is 169. The van der Waals surface area contributed by atoms with Crippen LogP contribution in [0.2, 0.25) is 0 Å². The van der Waals surface area contributed by atoms with Crippen LogP contribution in [0.3, 0.4) is 0 Å². The van der Waals surface area contributed by atoms with Crippen molar-refractivity contribution in [2.24, 2.45) is 5.92 Å². The van der Waals surface area contributed by atoms with Gasteiger partial charge in [0, 0.05) is 13.1 Å². The zero-order valence-corrected chi connectivity index (χ0v) is 6.13. The zero-order chi connectivity index (χ0) is 7.14. The highest BCUT2D eigenvalue weighted by Gasteiger charge is 2.38. The number of piperidine rings is 1. The van der Waals surface area contributed by atoms with E-state index in [1.165, 1.54) is 0 Å². The lowest BCUT2D eigenvalue weighted by Crippen LogP contribution is -2.43. The SMILES string of the molecule is CN1C[C@H]2CNC(=O)[C@@H]1C2. The Morgan fingerprint density at radius 1 is 1.70 bits per heavy atom. The fourth-order valence-corrected chi connectivity index (χ4v) is 1.92. The third kappa shape index (κ3) is 0.736. The fourth-order valence-electron chi connectivity index (χ4n) is 1.92. The van der Waals surface area contributed by atoms with Crippen LogP contribution in [-0.2, 0) is 4.79 Å². The average molecular weight is 140 g/mol. The van der Waals surface area contributed by atoms with Crippen molar-refractivity contribution in [2.45, 2.75) is 12.5 Å². The van der Waals surface area contributed by atoms with Gasteiger partial charge in [0.15, 0.2) is 0 Å². The topological polar surface area (TPSA) is 32.3 Å². The summed E-state index contributed by atoms with van der Waals surface area (Å²) in [5.41, 5.74) is 0. The summed E-state index contributed by atoms with van der Waals surface area (Å²) in [6.07, 6.45) is 1.07. The number of likely N-dealkylation sites (tertiary alicyclic amines) is 1. The van der Waals surface area contributed by atoms with Gasteiger partial charge in [-0.15, -0.1) is 0 Å². The first kappa shape index (κ1) is 6.16. The minimum atomic E-state index is 0.179. The molecular weight excluding hydrogens is 128 g/mol. The van der Waals surface area contributed by atoms with Crippen LogP contribution in [0.25, 0.3) is 0 Å². The lowest BCUT2D eigenvalue weighted by Gasteiger charge is -2.20. The molecule has 0 aliphatic carbocycles. The number of fused-ring (bicyclic) bond motifs is 2. The molecule has 0 radical (unpaired) electrons. The van der Waals surface area contributed by atoms with Crippen LogP contribution in [-0.4, -0.2) is 37.0 Å². The molecule has 1 amide bonds. The Morgan fingerprint density at radius 2 is 2.50 bits per heavy atom. The summed E-state index contributed by atoms with van der Waals surface area (Å²) in [6, 6.07) is 0.179. The van der Waals surface area contributed by atoms with Gasteiger partial charge in [0.2, 0.25) is 5.91 Å². The van der Waals surface area contributed by atoms with Gasteiger partial charge in [-0.2, -0.15) is 0 Å². The van der Waals surface area contributed by atoms with Crippen LogP contribution in [0.4, 0.5) is 0 Å². The van der Waals surface area contributed by atoms with Crippen molar-refractivity contribution in [2.75, 3.05) is 20.1 Å². The molecule has 0 aromatic carbocycles. The third-order valence-electron chi connectivity index (χ3n) is 2.50. The molecule has 1 N–H and O–H groups in total. The zero-order valence-electron chi connectivity index (χ0n) is 6.13. The number of amides is 1. The van der Waals surface area contributed by atoms with E-state index in [1.807, 2.05) is 7.05 Å². The molecule has 2 heterocycles. The summed E-state index contributed by atoms with van der Waals surface area (Å²) in [4.78, 5) is 13.3. The second kappa shape index (κ2) is 1.95. The minimum absolute atomic E-state index is 0.179. The van der Waals surface area contributed by atoms with Crippen molar-refractivity contribution in [1.82, 2.24) is 10.2 Å². The van der Waals surface area contributed by atoms with E-state index in [1.54, 1.807) is 0 Å². The predicted octanol–water partition coefficient (Wildman–Crippen LogP) is -0.563. The van der Waals surface area contributed by atoms with Gasteiger partial charge in [-0.3, -0.25) is 9.69 Å². The largest absolute Gasteiger partial charge is 0.354 e.